The third-order valence-corrected chi connectivity index (χ3v) is 7.24. The number of aliphatic hydroxyl groups excluding tert-OH is 1. The highest BCUT2D eigenvalue weighted by atomic mass is 32.2. The first-order chi connectivity index (χ1) is 17.4. The Balaban J connectivity index is 1.38. The highest BCUT2D eigenvalue weighted by molar-refractivity contribution is 7.90. The first kappa shape index (κ1) is 25.8. The molecule has 1 amide bonds. The molecule has 0 unspecified atom stereocenters. The number of benzene rings is 2. The second-order valence-electron chi connectivity index (χ2n) is 8.55. The van der Waals surface area contributed by atoms with Crippen molar-refractivity contribution in [3.05, 3.63) is 78.1 Å². The molecule has 1 aliphatic rings. The maximum Gasteiger partial charge on any atom is 0.264 e. The van der Waals surface area contributed by atoms with Crippen LogP contribution in [0.5, 0.6) is 5.75 Å². The third kappa shape index (κ3) is 6.46. The fourth-order valence-corrected chi connectivity index (χ4v) is 5.07. The Morgan fingerprint density at radius 3 is 2.81 bits per heavy atom. The van der Waals surface area contributed by atoms with Crippen LogP contribution in [0.2, 0.25) is 0 Å². The lowest BCUT2D eigenvalue weighted by atomic mass is 9.97. The van der Waals surface area contributed by atoms with Crippen molar-refractivity contribution in [2.75, 3.05) is 26.8 Å². The van der Waals surface area contributed by atoms with Crippen LogP contribution in [0.1, 0.15) is 23.7 Å². The molecular formula is C26H29N3O6S. The number of nitrogens with one attached hydrogen (secondary N) is 2. The van der Waals surface area contributed by atoms with E-state index in [-0.39, 0.29) is 17.6 Å². The van der Waals surface area contributed by atoms with Crippen LogP contribution in [0.25, 0.3) is 11.1 Å². The fourth-order valence-electron chi connectivity index (χ4n) is 4.05. The summed E-state index contributed by atoms with van der Waals surface area (Å²) < 4.78 is 37.9. The number of hydrogen-bond acceptors (Lipinski definition) is 8. The largest absolute Gasteiger partial charge is 0.489 e. The Kier molecular flexibility index (Phi) is 8.32. The average molecular weight is 512 g/mol. The number of pyridine rings is 1. The van der Waals surface area contributed by atoms with E-state index in [1.54, 1.807) is 24.5 Å². The number of fused-ring (bicyclic) bond motifs is 1. The van der Waals surface area contributed by atoms with Gasteiger partial charge in [0.2, 0.25) is 0 Å². The molecule has 3 N–H and O–H groups in total. The number of ether oxygens (including phenoxy) is 2. The zero-order chi connectivity index (χ0) is 25.5. The minimum absolute atomic E-state index is 0.00182. The van der Waals surface area contributed by atoms with E-state index in [2.05, 4.69) is 15.0 Å². The number of hydrogen-bond donors (Lipinski definition) is 3. The molecule has 3 aromatic rings. The number of carbonyl (C=O) groups is 1. The SMILES string of the molecule is COCC(=O)NS(=O)(=O)c1cccc(-c2ccc3c(c2)CC[C@H](CNC[C@H](O)c2cccnc2)O3)c1. The summed E-state index contributed by atoms with van der Waals surface area (Å²) in [4.78, 5) is 15.7. The second kappa shape index (κ2) is 11.6. The zero-order valence-electron chi connectivity index (χ0n) is 19.9. The number of aromatic nitrogens is 1. The highest BCUT2D eigenvalue weighted by Crippen LogP contribution is 2.32. The summed E-state index contributed by atoms with van der Waals surface area (Å²) in [6.07, 6.45) is 4.29. The molecule has 10 heteroatoms. The van der Waals surface area contributed by atoms with E-state index in [1.165, 1.54) is 19.2 Å². The van der Waals surface area contributed by atoms with Crippen molar-refractivity contribution < 1.29 is 27.8 Å². The average Bonchev–Trinajstić information content (AvgIpc) is 2.88. The van der Waals surface area contributed by atoms with E-state index in [4.69, 9.17) is 4.74 Å². The van der Waals surface area contributed by atoms with Crippen molar-refractivity contribution in [2.24, 2.45) is 0 Å². The lowest BCUT2D eigenvalue weighted by Crippen LogP contribution is -2.36. The number of rotatable bonds is 10. The van der Waals surface area contributed by atoms with Gasteiger partial charge in [0.05, 0.1) is 11.0 Å². The van der Waals surface area contributed by atoms with Gasteiger partial charge < -0.3 is 19.9 Å². The van der Waals surface area contributed by atoms with Crippen LogP contribution in [0.3, 0.4) is 0 Å². The molecule has 0 bridgehead atoms. The molecule has 0 spiro atoms. The van der Waals surface area contributed by atoms with E-state index in [0.29, 0.717) is 18.7 Å². The number of aryl methyl sites for hydroxylation is 1. The van der Waals surface area contributed by atoms with Crippen molar-refractivity contribution in [1.29, 1.82) is 0 Å². The fraction of sp³-hybridized carbons (Fsp3) is 0.308. The number of methoxy groups -OCH3 is 1. The van der Waals surface area contributed by atoms with Crippen LogP contribution in [0.4, 0.5) is 0 Å². The predicted octanol–water partition coefficient (Wildman–Crippen LogP) is 2.22. The van der Waals surface area contributed by atoms with Gasteiger partial charge in [-0.15, -0.1) is 0 Å². The maximum absolute atomic E-state index is 12.5. The number of aliphatic hydroxyl groups is 1. The highest BCUT2D eigenvalue weighted by Gasteiger charge is 2.22. The lowest BCUT2D eigenvalue weighted by molar-refractivity contribution is -0.122. The smallest absolute Gasteiger partial charge is 0.264 e. The molecule has 0 aliphatic carbocycles. The molecule has 1 aliphatic heterocycles. The van der Waals surface area contributed by atoms with Crippen LogP contribution >= 0.6 is 0 Å². The molecule has 1 aromatic heterocycles. The minimum atomic E-state index is -4.00. The number of nitrogens with zero attached hydrogens (tertiary/aromatic N) is 1. The third-order valence-electron chi connectivity index (χ3n) is 5.87. The Labute approximate surface area is 210 Å². The molecule has 36 heavy (non-hydrogen) atoms. The summed E-state index contributed by atoms with van der Waals surface area (Å²) in [6.45, 7) is 0.668. The van der Waals surface area contributed by atoms with Crippen molar-refractivity contribution >= 4 is 15.9 Å². The molecule has 0 radical (unpaired) electrons. The van der Waals surface area contributed by atoms with Crippen molar-refractivity contribution in [3.63, 3.8) is 0 Å². The minimum Gasteiger partial charge on any atom is -0.489 e. The Morgan fingerprint density at radius 1 is 1.19 bits per heavy atom. The van der Waals surface area contributed by atoms with Crippen LogP contribution in [0, 0.1) is 0 Å². The molecule has 4 rings (SSSR count). The Hall–Kier alpha value is -3.31. The van der Waals surface area contributed by atoms with E-state index >= 15 is 0 Å². The van der Waals surface area contributed by atoms with Crippen molar-refractivity contribution in [2.45, 2.75) is 29.9 Å². The molecule has 0 saturated heterocycles. The zero-order valence-corrected chi connectivity index (χ0v) is 20.7. The predicted molar refractivity (Wildman–Crippen MR) is 134 cm³/mol. The van der Waals surface area contributed by atoms with Gasteiger partial charge in [-0.3, -0.25) is 9.78 Å². The Morgan fingerprint density at radius 2 is 2.03 bits per heavy atom. The molecule has 2 aromatic carbocycles. The summed E-state index contributed by atoms with van der Waals surface area (Å²) >= 11 is 0. The maximum atomic E-state index is 12.5. The summed E-state index contributed by atoms with van der Waals surface area (Å²) in [5.41, 5.74) is 3.38. The van der Waals surface area contributed by atoms with Crippen LogP contribution in [-0.2, 0) is 26.0 Å². The normalized spacial score (nSPS) is 16.0. The first-order valence-electron chi connectivity index (χ1n) is 11.6. The van der Waals surface area contributed by atoms with Crippen LogP contribution < -0.4 is 14.8 Å². The molecular weight excluding hydrogens is 482 g/mol. The van der Waals surface area contributed by atoms with E-state index in [9.17, 15) is 18.3 Å². The molecule has 190 valence electrons. The van der Waals surface area contributed by atoms with Gasteiger partial charge in [0.25, 0.3) is 15.9 Å². The first-order valence-corrected chi connectivity index (χ1v) is 13.1. The monoisotopic (exact) mass is 511 g/mol. The number of sulfonamides is 1. The van der Waals surface area contributed by atoms with E-state index < -0.39 is 22.0 Å². The molecule has 0 fully saturated rings. The number of amides is 1. The molecule has 9 nitrogen and oxygen atoms in total. The van der Waals surface area contributed by atoms with Gasteiger partial charge in [-0.2, -0.15) is 0 Å². The standard InChI is InChI=1S/C26H29N3O6S/c1-34-17-26(31)29-36(32,33)23-6-2-4-18(13-23)19-8-10-25-20(12-19)7-9-22(35-25)15-28-16-24(30)21-5-3-11-27-14-21/h2-6,8,10-14,22,24,28,30H,7,9,15-17H2,1H3,(H,29,31)/t22-,24+/m1/s1. The molecule has 0 saturated carbocycles. The van der Waals surface area contributed by atoms with Crippen LogP contribution in [0.15, 0.2) is 71.9 Å². The van der Waals surface area contributed by atoms with Gasteiger partial charge in [-0.25, -0.2) is 13.1 Å². The summed E-state index contributed by atoms with van der Waals surface area (Å²) in [6, 6.07) is 15.9. The van der Waals surface area contributed by atoms with Gasteiger partial charge in [-0.05, 0) is 59.9 Å². The van der Waals surface area contributed by atoms with Gasteiger partial charge in [0, 0.05) is 38.2 Å². The summed E-state index contributed by atoms with van der Waals surface area (Å²) in [5, 5.41) is 13.5. The summed E-state index contributed by atoms with van der Waals surface area (Å²) in [5.74, 6) is 0.0599. The van der Waals surface area contributed by atoms with E-state index in [0.717, 1.165) is 35.3 Å². The Bertz CT molecular complexity index is 1300. The van der Waals surface area contributed by atoms with Gasteiger partial charge in [0.15, 0.2) is 0 Å². The van der Waals surface area contributed by atoms with Gasteiger partial charge in [-0.1, -0.05) is 24.3 Å². The van der Waals surface area contributed by atoms with E-state index in [1.807, 2.05) is 35.1 Å². The van der Waals surface area contributed by atoms with Crippen molar-refractivity contribution in [1.82, 2.24) is 15.0 Å². The van der Waals surface area contributed by atoms with Crippen molar-refractivity contribution in [3.8, 4) is 16.9 Å². The lowest BCUT2D eigenvalue weighted by Gasteiger charge is -2.27. The van der Waals surface area contributed by atoms with Gasteiger partial charge in [0.1, 0.15) is 18.5 Å². The summed E-state index contributed by atoms with van der Waals surface area (Å²) in [7, 11) is -2.68. The van der Waals surface area contributed by atoms with Crippen LogP contribution in [-0.4, -0.2) is 57.3 Å². The quantitative estimate of drug-likeness (QED) is 0.378. The van der Waals surface area contributed by atoms with Gasteiger partial charge >= 0.3 is 0 Å². The number of carbonyl (C=O) groups excluding carboxylic acids is 1. The molecule has 2 heterocycles. The second-order valence-corrected chi connectivity index (χ2v) is 10.2. The molecule has 2 atom stereocenters. The topological polar surface area (TPSA) is 127 Å².